The van der Waals surface area contributed by atoms with Crippen molar-refractivity contribution in [3.63, 3.8) is 0 Å². The molecule has 0 aliphatic heterocycles. The van der Waals surface area contributed by atoms with Gasteiger partial charge in [-0.3, -0.25) is 0 Å². The van der Waals surface area contributed by atoms with E-state index in [1.807, 2.05) is 36.1 Å². The molecule has 0 spiro atoms. The lowest BCUT2D eigenvalue weighted by Crippen LogP contribution is -2.11. The minimum atomic E-state index is -4.43. The Balaban J connectivity index is 1.19. The Hall–Kier alpha value is -7.57. The average Bonchev–Trinajstić information content (AvgIpc) is 3.79. The molecular weight excluding hydrogens is 772 g/mol. The third kappa shape index (κ3) is 6.21. The van der Waals surface area contributed by atoms with E-state index in [0.717, 1.165) is 101 Å². The van der Waals surface area contributed by atoms with Crippen LogP contribution in [-0.4, -0.2) is 4.40 Å². The van der Waals surface area contributed by atoms with Gasteiger partial charge in [-0.2, -0.15) is 13.2 Å². The second kappa shape index (κ2) is 14.3. The molecule has 11 rings (SSSR count). The number of nitrogens with zero attached hydrogens (tertiary/aromatic N) is 3. The van der Waals surface area contributed by atoms with E-state index in [-0.39, 0.29) is 0 Å². The van der Waals surface area contributed by atoms with Gasteiger partial charge in [-0.05, 0) is 157 Å². The number of aryl methyl sites for hydroxylation is 3. The molecule has 0 bridgehead atoms. The highest BCUT2D eigenvalue weighted by Gasteiger charge is 2.30. The zero-order valence-corrected chi connectivity index (χ0v) is 34.4. The largest absolute Gasteiger partial charge is 0.416 e. The first-order chi connectivity index (χ1) is 30.1. The molecule has 0 aliphatic carbocycles. The SMILES string of the molecule is Cc1ccc(N(c2cccc(C)c2)c2ccc3cc4c5ccc(N(c6ccc(C(F)(F)F)cc6)c6cccc(C)c6)cc5n5c6ccc(-c7ccccc7)cc6c(c3c2)c45)cc1. The monoisotopic (exact) mass is 811 g/mol. The minimum Gasteiger partial charge on any atom is -0.310 e. The van der Waals surface area contributed by atoms with Crippen molar-refractivity contribution in [2.24, 2.45) is 0 Å². The lowest BCUT2D eigenvalue weighted by Gasteiger charge is -2.26. The van der Waals surface area contributed by atoms with E-state index in [9.17, 15) is 13.2 Å². The molecule has 62 heavy (non-hydrogen) atoms. The second-order valence-electron chi connectivity index (χ2n) is 16.4. The summed E-state index contributed by atoms with van der Waals surface area (Å²) in [7, 11) is 0. The van der Waals surface area contributed by atoms with Crippen LogP contribution in [0.25, 0.3) is 60.0 Å². The Morgan fingerprint density at radius 2 is 0.984 bits per heavy atom. The van der Waals surface area contributed by atoms with Crippen LogP contribution in [-0.2, 0) is 6.18 Å². The summed E-state index contributed by atoms with van der Waals surface area (Å²) in [6.45, 7) is 6.27. The van der Waals surface area contributed by atoms with Gasteiger partial charge in [0.15, 0.2) is 0 Å². The van der Waals surface area contributed by atoms with Crippen LogP contribution in [0.3, 0.4) is 0 Å². The normalized spacial score (nSPS) is 12.0. The lowest BCUT2D eigenvalue weighted by atomic mass is 9.97. The Morgan fingerprint density at radius 1 is 0.387 bits per heavy atom. The first-order valence-electron chi connectivity index (χ1n) is 20.8. The summed E-state index contributed by atoms with van der Waals surface area (Å²) in [6.07, 6.45) is -4.43. The molecule has 11 aromatic rings. The fourth-order valence-electron chi connectivity index (χ4n) is 9.33. The third-order valence-electron chi connectivity index (χ3n) is 12.2. The van der Waals surface area contributed by atoms with Crippen molar-refractivity contribution >= 4 is 83.0 Å². The van der Waals surface area contributed by atoms with E-state index in [1.54, 1.807) is 12.1 Å². The maximum Gasteiger partial charge on any atom is 0.416 e. The van der Waals surface area contributed by atoms with Crippen molar-refractivity contribution in [2.75, 3.05) is 9.80 Å². The molecule has 0 saturated heterocycles. The fraction of sp³-hybridized carbons (Fsp3) is 0.0714. The highest BCUT2D eigenvalue weighted by atomic mass is 19.4. The van der Waals surface area contributed by atoms with Crippen LogP contribution in [0.15, 0.2) is 188 Å². The number of rotatable bonds is 7. The predicted octanol–water partition coefficient (Wildman–Crippen LogP) is 16.5. The molecule has 0 aliphatic rings. The van der Waals surface area contributed by atoms with E-state index in [1.165, 1.54) is 16.5 Å². The van der Waals surface area contributed by atoms with Crippen LogP contribution in [0, 0.1) is 20.8 Å². The van der Waals surface area contributed by atoms with Crippen molar-refractivity contribution in [3.05, 3.63) is 210 Å². The lowest BCUT2D eigenvalue weighted by molar-refractivity contribution is -0.137. The highest BCUT2D eigenvalue weighted by molar-refractivity contribution is 6.32. The summed E-state index contributed by atoms with van der Waals surface area (Å²) >= 11 is 0. The topological polar surface area (TPSA) is 10.9 Å². The first kappa shape index (κ1) is 37.4. The Labute approximate surface area is 357 Å². The Bertz CT molecular complexity index is 3480. The van der Waals surface area contributed by atoms with Crippen molar-refractivity contribution in [2.45, 2.75) is 26.9 Å². The zero-order valence-electron chi connectivity index (χ0n) is 34.4. The molecule has 0 fully saturated rings. The van der Waals surface area contributed by atoms with Crippen molar-refractivity contribution < 1.29 is 13.2 Å². The van der Waals surface area contributed by atoms with Crippen LogP contribution in [0.1, 0.15) is 22.3 Å². The maximum atomic E-state index is 13.8. The van der Waals surface area contributed by atoms with E-state index in [2.05, 4.69) is 163 Å². The minimum absolute atomic E-state index is 0.638. The van der Waals surface area contributed by atoms with Crippen LogP contribution < -0.4 is 9.80 Å². The number of anilines is 6. The van der Waals surface area contributed by atoms with E-state index >= 15 is 0 Å². The van der Waals surface area contributed by atoms with E-state index in [4.69, 9.17) is 0 Å². The Kier molecular flexibility index (Phi) is 8.62. The summed E-state index contributed by atoms with van der Waals surface area (Å²) in [4.78, 5) is 4.38. The molecular formula is C56H40F3N3. The van der Waals surface area contributed by atoms with Crippen LogP contribution in [0.2, 0.25) is 0 Å². The van der Waals surface area contributed by atoms with Gasteiger partial charge in [0.1, 0.15) is 0 Å². The zero-order chi connectivity index (χ0) is 42.3. The molecule has 3 nitrogen and oxygen atoms in total. The fourth-order valence-corrected chi connectivity index (χ4v) is 9.33. The molecule has 300 valence electrons. The highest BCUT2D eigenvalue weighted by Crippen LogP contribution is 2.48. The first-order valence-corrected chi connectivity index (χ1v) is 20.8. The molecule has 0 radical (unpaired) electrons. The number of fused-ring (bicyclic) bond motifs is 8. The van der Waals surface area contributed by atoms with Crippen molar-refractivity contribution in [1.29, 1.82) is 0 Å². The average molecular weight is 812 g/mol. The van der Waals surface area contributed by atoms with Gasteiger partial charge in [-0.25, -0.2) is 0 Å². The summed E-state index contributed by atoms with van der Waals surface area (Å²) in [5.74, 6) is 0. The number of hydrogen-bond donors (Lipinski definition) is 0. The number of benzene rings is 9. The summed E-state index contributed by atoms with van der Waals surface area (Å²) in [5.41, 5.74) is 13.9. The van der Waals surface area contributed by atoms with Gasteiger partial charge < -0.3 is 14.2 Å². The molecule has 0 amide bonds. The van der Waals surface area contributed by atoms with Crippen molar-refractivity contribution in [3.8, 4) is 11.1 Å². The summed E-state index contributed by atoms with van der Waals surface area (Å²) < 4.78 is 43.7. The van der Waals surface area contributed by atoms with Gasteiger partial charge in [0.05, 0.1) is 22.1 Å². The number of halogens is 3. The number of aromatic nitrogens is 1. The van der Waals surface area contributed by atoms with Crippen molar-refractivity contribution in [1.82, 2.24) is 4.40 Å². The van der Waals surface area contributed by atoms with Crippen LogP contribution in [0.4, 0.5) is 47.3 Å². The molecule has 0 saturated carbocycles. The molecule has 0 N–H and O–H groups in total. The van der Waals surface area contributed by atoms with E-state index < -0.39 is 11.7 Å². The molecule has 2 heterocycles. The number of alkyl halides is 3. The second-order valence-corrected chi connectivity index (χ2v) is 16.4. The summed E-state index contributed by atoms with van der Waals surface area (Å²) in [6, 6.07) is 63.7. The smallest absolute Gasteiger partial charge is 0.310 e. The van der Waals surface area contributed by atoms with Gasteiger partial charge in [-0.15, -0.1) is 0 Å². The van der Waals surface area contributed by atoms with Crippen LogP contribution in [0.5, 0.6) is 0 Å². The van der Waals surface area contributed by atoms with Gasteiger partial charge in [0, 0.05) is 55.7 Å². The maximum absolute atomic E-state index is 13.8. The molecule has 2 aromatic heterocycles. The van der Waals surface area contributed by atoms with Gasteiger partial charge >= 0.3 is 6.18 Å². The van der Waals surface area contributed by atoms with Crippen LogP contribution >= 0.6 is 0 Å². The van der Waals surface area contributed by atoms with Gasteiger partial charge in [0.2, 0.25) is 0 Å². The summed E-state index contributed by atoms with van der Waals surface area (Å²) in [5, 5.41) is 6.86. The molecule has 0 unspecified atom stereocenters. The van der Waals surface area contributed by atoms with Gasteiger partial charge in [0.25, 0.3) is 0 Å². The van der Waals surface area contributed by atoms with Gasteiger partial charge in [-0.1, -0.05) is 90.5 Å². The third-order valence-corrected chi connectivity index (χ3v) is 12.2. The Morgan fingerprint density at radius 3 is 1.63 bits per heavy atom. The quantitative estimate of drug-likeness (QED) is 0.159. The molecule has 0 atom stereocenters. The molecule has 9 aromatic carbocycles. The standard InChI is InChI=1S/C56H40F3N3/c1-35-15-21-42(22-16-35)60(44-13-7-9-36(2)29-44)46-23-17-40-32-50-48-27-26-47(61(45-14-8-10-37(3)30-45)43-24-19-41(20-25-43)56(57,58)59)34-53(48)62-52-28-18-39(38-11-5-4-6-12-38)31-51(52)54(55(50)62)49(40)33-46/h4-34H,1-3H3. The van der Waals surface area contributed by atoms with E-state index in [0.29, 0.717) is 5.69 Å². The molecule has 6 heteroatoms. The number of hydrogen-bond acceptors (Lipinski definition) is 2. The predicted molar refractivity (Wildman–Crippen MR) is 253 cm³/mol.